The smallest absolute Gasteiger partial charge is 0.129 e. The van der Waals surface area contributed by atoms with E-state index in [0.29, 0.717) is 44.2 Å². The standard InChI is InChI=1S/C24H16N6S2/c1-15-27-21(17-9-5-3-6-10-17)19(13-25)23(29-15)31-32-24-20(14-26)22(28-16(2)30-24)18-11-7-4-8-12-18/h3-12H,1-2H3. The number of nitriles is 2. The van der Waals surface area contributed by atoms with E-state index in [0.717, 1.165) is 11.1 Å². The first kappa shape index (κ1) is 21.5. The molecular weight excluding hydrogens is 436 g/mol. The zero-order valence-corrected chi connectivity index (χ0v) is 18.9. The van der Waals surface area contributed by atoms with E-state index in [1.807, 2.05) is 60.7 Å². The van der Waals surface area contributed by atoms with E-state index in [1.165, 1.54) is 21.6 Å². The molecule has 2 aromatic heterocycles. The van der Waals surface area contributed by atoms with Gasteiger partial charge in [0.15, 0.2) is 0 Å². The molecule has 0 spiro atoms. The molecule has 0 saturated heterocycles. The van der Waals surface area contributed by atoms with Crippen molar-refractivity contribution in [2.75, 3.05) is 0 Å². The van der Waals surface area contributed by atoms with Gasteiger partial charge in [0, 0.05) is 11.1 Å². The molecule has 0 atom stereocenters. The normalized spacial score (nSPS) is 10.4. The Morgan fingerprint density at radius 2 is 0.969 bits per heavy atom. The maximum atomic E-state index is 9.86. The number of rotatable bonds is 5. The average Bonchev–Trinajstić information content (AvgIpc) is 2.83. The highest BCUT2D eigenvalue weighted by molar-refractivity contribution is 8.76. The Hall–Kier alpha value is -3.72. The van der Waals surface area contributed by atoms with Crippen molar-refractivity contribution in [3.63, 3.8) is 0 Å². The molecule has 32 heavy (non-hydrogen) atoms. The fourth-order valence-corrected chi connectivity index (χ4v) is 5.25. The Morgan fingerprint density at radius 1 is 0.594 bits per heavy atom. The van der Waals surface area contributed by atoms with E-state index >= 15 is 0 Å². The SMILES string of the molecule is Cc1nc(SSc2nc(C)nc(-c3ccccc3)c2C#N)c(C#N)c(-c2ccccc2)n1. The largest absolute Gasteiger partial charge is 0.232 e. The van der Waals surface area contributed by atoms with Gasteiger partial charge in [0.2, 0.25) is 0 Å². The molecule has 8 heteroatoms. The second kappa shape index (κ2) is 9.61. The highest BCUT2D eigenvalue weighted by atomic mass is 33.1. The fraction of sp³-hybridized carbons (Fsp3) is 0.0833. The lowest BCUT2D eigenvalue weighted by Gasteiger charge is -2.11. The lowest BCUT2D eigenvalue weighted by Crippen LogP contribution is -2.00. The molecule has 0 bridgehead atoms. The van der Waals surface area contributed by atoms with Gasteiger partial charge >= 0.3 is 0 Å². The van der Waals surface area contributed by atoms with Gasteiger partial charge in [-0.1, -0.05) is 60.7 Å². The summed E-state index contributed by atoms with van der Waals surface area (Å²) in [7, 11) is 2.58. The number of hydrogen-bond donors (Lipinski definition) is 0. The van der Waals surface area contributed by atoms with Crippen molar-refractivity contribution in [2.24, 2.45) is 0 Å². The van der Waals surface area contributed by atoms with Crippen molar-refractivity contribution in [2.45, 2.75) is 23.9 Å². The van der Waals surface area contributed by atoms with E-state index in [1.54, 1.807) is 13.8 Å². The van der Waals surface area contributed by atoms with E-state index in [9.17, 15) is 10.5 Å². The summed E-state index contributed by atoms with van der Waals surface area (Å²) in [4.78, 5) is 18.0. The maximum Gasteiger partial charge on any atom is 0.129 e. The fourth-order valence-electron chi connectivity index (χ4n) is 3.10. The van der Waals surface area contributed by atoms with Gasteiger partial charge < -0.3 is 0 Å². The number of nitrogens with zero attached hydrogens (tertiary/aromatic N) is 6. The third-order valence-corrected chi connectivity index (χ3v) is 6.68. The molecule has 0 aliphatic carbocycles. The molecule has 0 unspecified atom stereocenters. The summed E-state index contributed by atoms with van der Waals surface area (Å²) in [6.07, 6.45) is 0. The van der Waals surface area contributed by atoms with Crippen molar-refractivity contribution >= 4 is 21.6 Å². The van der Waals surface area contributed by atoms with E-state index in [-0.39, 0.29) is 0 Å². The van der Waals surface area contributed by atoms with Crippen molar-refractivity contribution < 1.29 is 0 Å². The molecule has 6 nitrogen and oxygen atoms in total. The third kappa shape index (κ3) is 4.47. The molecule has 0 aliphatic heterocycles. The monoisotopic (exact) mass is 452 g/mol. The zero-order valence-electron chi connectivity index (χ0n) is 17.3. The minimum atomic E-state index is 0.395. The number of benzene rings is 2. The van der Waals surface area contributed by atoms with Crippen LogP contribution >= 0.6 is 21.6 Å². The Bertz CT molecular complexity index is 1250. The second-order valence-corrected chi connectivity index (χ2v) is 8.83. The van der Waals surface area contributed by atoms with Crippen molar-refractivity contribution in [3.05, 3.63) is 83.4 Å². The quantitative estimate of drug-likeness (QED) is 0.278. The first-order chi connectivity index (χ1) is 15.6. The highest BCUT2D eigenvalue weighted by Crippen LogP contribution is 2.41. The molecule has 0 amide bonds. The molecule has 154 valence electrons. The van der Waals surface area contributed by atoms with Gasteiger partial charge in [0.1, 0.15) is 45.0 Å². The summed E-state index contributed by atoms with van der Waals surface area (Å²) >= 11 is 0. The number of aryl methyl sites for hydroxylation is 2. The summed E-state index contributed by atoms with van der Waals surface area (Å²) in [5.41, 5.74) is 3.67. The van der Waals surface area contributed by atoms with Crippen LogP contribution in [0.4, 0.5) is 0 Å². The molecule has 0 saturated carbocycles. The van der Waals surface area contributed by atoms with Gasteiger partial charge in [-0.2, -0.15) is 10.5 Å². The van der Waals surface area contributed by atoms with Crippen molar-refractivity contribution in [3.8, 4) is 34.7 Å². The van der Waals surface area contributed by atoms with E-state index in [4.69, 9.17) is 0 Å². The van der Waals surface area contributed by atoms with Crippen LogP contribution in [0.25, 0.3) is 22.5 Å². The second-order valence-electron chi connectivity index (χ2n) is 6.72. The Kier molecular flexibility index (Phi) is 6.46. The van der Waals surface area contributed by atoms with Gasteiger partial charge in [0.05, 0.1) is 11.4 Å². The van der Waals surface area contributed by atoms with Gasteiger partial charge in [-0.05, 0) is 35.4 Å². The first-order valence-corrected chi connectivity index (χ1v) is 11.8. The van der Waals surface area contributed by atoms with Crippen LogP contribution in [-0.2, 0) is 0 Å². The predicted molar refractivity (Wildman–Crippen MR) is 126 cm³/mol. The summed E-state index contributed by atoms with van der Waals surface area (Å²) in [6, 6.07) is 23.6. The van der Waals surface area contributed by atoms with Crippen LogP contribution in [0.3, 0.4) is 0 Å². The van der Waals surface area contributed by atoms with Crippen LogP contribution in [0.1, 0.15) is 22.8 Å². The summed E-state index contributed by atoms with van der Waals surface area (Å²) < 4.78 is 0. The lowest BCUT2D eigenvalue weighted by atomic mass is 10.1. The number of aromatic nitrogens is 4. The molecule has 2 heterocycles. The molecule has 0 fully saturated rings. The molecule has 0 radical (unpaired) electrons. The van der Waals surface area contributed by atoms with Crippen LogP contribution in [-0.4, -0.2) is 19.9 Å². The minimum Gasteiger partial charge on any atom is -0.232 e. The van der Waals surface area contributed by atoms with Crippen LogP contribution in [0, 0.1) is 36.5 Å². The Labute approximate surface area is 193 Å². The van der Waals surface area contributed by atoms with Crippen LogP contribution in [0.5, 0.6) is 0 Å². The van der Waals surface area contributed by atoms with E-state index < -0.39 is 0 Å². The molecular formula is C24H16N6S2. The van der Waals surface area contributed by atoms with Crippen LogP contribution < -0.4 is 0 Å². The van der Waals surface area contributed by atoms with Crippen molar-refractivity contribution in [1.82, 2.24) is 19.9 Å². The summed E-state index contributed by atoms with van der Waals surface area (Å²) in [6.45, 7) is 3.59. The zero-order chi connectivity index (χ0) is 22.5. The molecule has 4 aromatic rings. The lowest BCUT2D eigenvalue weighted by molar-refractivity contribution is 0.960. The van der Waals surface area contributed by atoms with Gasteiger partial charge in [-0.25, -0.2) is 19.9 Å². The van der Waals surface area contributed by atoms with Crippen LogP contribution in [0.2, 0.25) is 0 Å². The van der Waals surface area contributed by atoms with Gasteiger partial charge in [-0.15, -0.1) is 0 Å². The minimum absolute atomic E-state index is 0.395. The third-order valence-electron chi connectivity index (χ3n) is 4.49. The Morgan fingerprint density at radius 3 is 1.31 bits per heavy atom. The van der Waals surface area contributed by atoms with Gasteiger partial charge in [-0.3, -0.25) is 0 Å². The Balaban J connectivity index is 1.74. The average molecular weight is 453 g/mol. The van der Waals surface area contributed by atoms with Crippen molar-refractivity contribution in [1.29, 1.82) is 10.5 Å². The first-order valence-electron chi connectivity index (χ1n) is 9.63. The van der Waals surface area contributed by atoms with Crippen LogP contribution in [0.15, 0.2) is 70.7 Å². The summed E-state index contributed by atoms with van der Waals surface area (Å²) in [5.74, 6) is 1.13. The van der Waals surface area contributed by atoms with Gasteiger partial charge in [0.25, 0.3) is 0 Å². The molecule has 0 aliphatic rings. The van der Waals surface area contributed by atoms with E-state index in [2.05, 4.69) is 32.1 Å². The predicted octanol–water partition coefficient (Wildman–Crippen LogP) is 5.76. The molecule has 0 N–H and O–H groups in total. The maximum absolute atomic E-state index is 9.86. The topological polar surface area (TPSA) is 99.1 Å². The summed E-state index contributed by atoms with van der Waals surface area (Å²) in [5, 5.41) is 20.8. The molecule has 2 aromatic carbocycles. The highest BCUT2D eigenvalue weighted by Gasteiger charge is 2.19. The number of hydrogen-bond acceptors (Lipinski definition) is 8. The molecule has 4 rings (SSSR count).